The van der Waals surface area contributed by atoms with Crippen LogP contribution in [-0.2, 0) is 4.74 Å². The van der Waals surface area contributed by atoms with Crippen LogP contribution in [0.3, 0.4) is 0 Å². The van der Waals surface area contributed by atoms with E-state index in [1.165, 1.54) is 32.1 Å². The van der Waals surface area contributed by atoms with Crippen molar-refractivity contribution in [2.24, 2.45) is 0 Å². The Balaban J connectivity index is 1.99. The van der Waals surface area contributed by atoms with Crippen LogP contribution < -0.4 is 0 Å². The lowest BCUT2D eigenvalue weighted by Gasteiger charge is -2.37. The normalized spacial score (nSPS) is 39.0. The first kappa shape index (κ1) is 5.72. The van der Waals surface area contributed by atoms with Crippen molar-refractivity contribution in [2.75, 3.05) is 0 Å². The van der Waals surface area contributed by atoms with Gasteiger partial charge in [-0.2, -0.15) is 0 Å². The number of rotatable bonds is 0. The Labute approximate surface area is 56.4 Å². The third-order valence-electron chi connectivity index (χ3n) is 2.72. The maximum absolute atomic E-state index is 5.78. The molecule has 1 unspecified atom stereocenters. The molecule has 0 aromatic rings. The lowest BCUT2D eigenvalue weighted by Crippen LogP contribution is -2.36. The zero-order valence-electron chi connectivity index (χ0n) is 6.02. The van der Waals surface area contributed by atoms with Gasteiger partial charge >= 0.3 is 0 Å². The van der Waals surface area contributed by atoms with E-state index < -0.39 is 0 Å². The van der Waals surface area contributed by atoms with Crippen molar-refractivity contribution in [3.05, 3.63) is 0 Å². The summed E-state index contributed by atoms with van der Waals surface area (Å²) in [7, 11) is 0. The van der Waals surface area contributed by atoms with E-state index in [-0.39, 0.29) is 0 Å². The molecule has 52 valence electrons. The average molecular weight is 126 g/mol. The summed E-state index contributed by atoms with van der Waals surface area (Å²) in [5, 5.41) is 0. The molecule has 0 aromatic heterocycles. The fourth-order valence-corrected chi connectivity index (χ4v) is 1.95. The summed E-state index contributed by atoms with van der Waals surface area (Å²) in [4.78, 5) is 0. The molecule has 1 heterocycles. The third kappa shape index (κ3) is 0.787. The molecule has 2 fully saturated rings. The van der Waals surface area contributed by atoms with E-state index in [0.717, 1.165) is 0 Å². The van der Waals surface area contributed by atoms with Crippen molar-refractivity contribution < 1.29 is 4.74 Å². The minimum absolute atomic E-state index is 0.388. The lowest BCUT2D eigenvalue weighted by atomic mass is 9.78. The summed E-state index contributed by atoms with van der Waals surface area (Å²) < 4.78 is 5.78. The number of hydrogen-bond acceptors (Lipinski definition) is 1. The van der Waals surface area contributed by atoms with Gasteiger partial charge in [-0.15, -0.1) is 0 Å². The van der Waals surface area contributed by atoms with Gasteiger partial charge in [-0.25, -0.2) is 0 Å². The largest absolute Gasteiger partial charge is 0.372 e. The molecule has 0 bridgehead atoms. The van der Waals surface area contributed by atoms with Crippen molar-refractivity contribution in [3.8, 4) is 0 Å². The van der Waals surface area contributed by atoms with Gasteiger partial charge in [-0.3, -0.25) is 0 Å². The fraction of sp³-hybridized carbons (Fsp3) is 1.00. The van der Waals surface area contributed by atoms with Gasteiger partial charge < -0.3 is 4.74 Å². The van der Waals surface area contributed by atoms with Gasteiger partial charge in [0.05, 0.1) is 11.7 Å². The van der Waals surface area contributed by atoms with E-state index in [4.69, 9.17) is 4.74 Å². The maximum Gasteiger partial charge on any atom is 0.0687 e. The molecular formula is C8H14O. The summed E-state index contributed by atoms with van der Waals surface area (Å²) >= 11 is 0. The molecule has 1 atom stereocenters. The van der Waals surface area contributed by atoms with Crippen molar-refractivity contribution >= 4 is 0 Å². The molecule has 9 heavy (non-hydrogen) atoms. The van der Waals surface area contributed by atoms with Crippen LogP contribution in [-0.4, -0.2) is 11.7 Å². The highest BCUT2D eigenvalue weighted by Crippen LogP contribution is 2.45. The second kappa shape index (κ2) is 1.72. The first-order valence-electron chi connectivity index (χ1n) is 3.99. The van der Waals surface area contributed by atoms with Crippen LogP contribution in [0, 0.1) is 0 Å². The first-order valence-corrected chi connectivity index (χ1v) is 3.99. The molecule has 1 spiro atoms. The van der Waals surface area contributed by atoms with Gasteiger partial charge in [0, 0.05) is 0 Å². The molecule has 1 aliphatic heterocycles. The quantitative estimate of drug-likeness (QED) is 0.483. The van der Waals surface area contributed by atoms with E-state index in [2.05, 4.69) is 6.92 Å². The minimum Gasteiger partial charge on any atom is -0.372 e. The van der Waals surface area contributed by atoms with Crippen molar-refractivity contribution in [1.29, 1.82) is 0 Å². The van der Waals surface area contributed by atoms with Crippen LogP contribution in [0.25, 0.3) is 0 Å². The predicted octanol–water partition coefficient (Wildman–Crippen LogP) is 2.11. The Hall–Kier alpha value is -0.0400. The zero-order chi connectivity index (χ0) is 6.32. The van der Waals surface area contributed by atoms with E-state index in [1.807, 2.05) is 0 Å². The predicted molar refractivity (Wildman–Crippen MR) is 36.4 cm³/mol. The molecule has 0 aromatic carbocycles. The summed E-state index contributed by atoms with van der Waals surface area (Å²) in [5.74, 6) is 0. The highest BCUT2D eigenvalue weighted by atomic mass is 16.5. The highest BCUT2D eigenvalue weighted by molar-refractivity contribution is 4.94. The van der Waals surface area contributed by atoms with Crippen molar-refractivity contribution in [1.82, 2.24) is 0 Å². The Morgan fingerprint density at radius 3 is 2.33 bits per heavy atom. The van der Waals surface area contributed by atoms with Crippen LogP contribution in [0.1, 0.15) is 39.0 Å². The molecule has 0 amide bonds. The summed E-state index contributed by atoms with van der Waals surface area (Å²) in [6, 6.07) is 0. The van der Waals surface area contributed by atoms with E-state index >= 15 is 0 Å². The first-order chi connectivity index (χ1) is 4.31. The molecule has 1 saturated carbocycles. The molecule has 1 aliphatic carbocycles. The molecular weight excluding hydrogens is 112 g/mol. The molecule has 2 aliphatic rings. The van der Waals surface area contributed by atoms with Crippen LogP contribution in [0.4, 0.5) is 0 Å². The third-order valence-corrected chi connectivity index (χ3v) is 2.72. The van der Waals surface area contributed by atoms with Crippen LogP contribution >= 0.6 is 0 Å². The minimum atomic E-state index is 0.388. The van der Waals surface area contributed by atoms with Gasteiger partial charge in [0.2, 0.25) is 0 Å². The summed E-state index contributed by atoms with van der Waals surface area (Å²) in [6.45, 7) is 2.19. The SMILES string of the molecule is CC1CCC2(CCC2)O1. The maximum atomic E-state index is 5.78. The van der Waals surface area contributed by atoms with Crippen LogP contribution in [0.2, 0.25) is 0 Å². The summed E-state index contributed by atoms with van der Waals surface area (Å²) in [5.41, 5.74) is 0.388. The molecule has 0 radical (unpaired) electrons. The Morgan fingerprint density at radius 1 is 1.33 bits per heavy atom. The van der Waals surface area contributed by atoms with E-state index in [1.54, 1.807) is 0 Å². The van der Waals surface area contributed by atoms with Crippen LogP contribution in [0.15, 0.2) is 0 Å². The van der Waals surface area contributed by atoms with E-state index in [9.17, 15) is 0 Å². The molecule has 1 saturated heterocycles. The smallest absolute Gasteiger partial charge is 0.0687 e. The van der Waals surface area contributed by atoms with Crippen molar-refractivity contribution in [2.45, 2.75) is 50.7 Å². The second-order valence-corrected chi connectivity index (χ2v) is 3.50. The van der Waals surface area contributed by atoms with Gasteiger partial charge in [0.1, 0.15) is 0 Å². The Bertz CT molecular complexity index is 116. The Morgan fingerprint density at radius 2 is 2.11 bits per heavy atom. The van der Waals surface area contributed by atoms with Gasteiger partial charge in [-0.05, 0) is 39.0 Å². The topological polar surface area (TPSA) is 9.23 Å². The molecule has 0 N–H and O–H groups in total. The van der Waals surface area contributed by atoms with E-state index in [0.29, 0.717) is 11.7 Å². The Kier molecular flexibility index (Phi) is 1.10. The average Bonchev–Trinajstić information content (AvgIpc) is 2.09. The number of ether oxygens (including phenoxy) is 1. The van der Waals surface area contributed by atoms with Gasteiger partial charge in [0.25, 0.3) is 0 Å². The van der Waals surface area contributed by atoms with Crippen LogP contribution in [0.5, 0.6) is 0 Å². The fourth-order valence-electron chi connectivity index (χ4n) is 1.95. The second-order valence-electron chi connectivity index (χ2n) is 3.50. The van der Waals surface area contributed by atoms with Gasteiger partial charge in [-0.1, -0.05) is 0 Å². The molecule has 2 rings (SSSR count). The van der Waals surface area contributed by atoms with Gasteiger partial charge in [0.15, 0.2) is 0 Å². The van der Waals surface area contributed by atoms with Crippen molar-refractivity contribution in [3.63, 3.8) is 0 Å². The summed E-state index contributed by atoms with van der Waals surface area (Å²) in [6.07, 6.45) is 7.22. The zero-order valence-corrected chi connectivity index (χ0v) is 6.02. The molecule has 1 nitrogen and oxygen atoms in total. The standard InChI is InChI=1S/C8H14O/c1-7-3-6-8(9-7)4-2-5-8/h7H,2-6H2,1H3. The monoisotopic (exact) mass is 126 g/mol. The lowest BCUT2D eigenvalue weighted by molar-refractivity contribution is -0.0852. The molecule has 1 heteroatoms. The highest BCUT2D eigenvalue weighted by Gasteiger charge is 2.43. The number of hydrogen-bond donors (Lipinski definition) is 0.